The standard InChI is InChI=1S/C16H14ClNO2/c1-19-11-4-2-9-6-14-16(12(9)8-11)20-15-7-10(17)3-5-13(15)18-14/h2-5,7-8,14,16,18H,6H2,1H3. The Labute approximate surface area is 122 Å². The molecule has 0 spiro atoms. The predicted octanol–water partition coefficient (Wildman–Crippen LogP) is 3.82. The fourth-order valence-corrected chi connectivity index (χ4v) is 3.20. The van der Waals surface area contributed by atoms with Crippen LogP contribution in [0.15, 0.2) is 36.4 Å². The number of halogens is 1. The Kier molecular flexibility index (Phi) is 2.57. The Morgan fingerprint density at radius 3 is 3.00 bits per heavy atom. The lowest BCUT2D eigenvalue weighted by Gasteiger charge is -2.31. The molecule has 0 amide bonds. The molecule has 1 N–H and O–H groups in total. The van der Waals surface area contributed by atoms with Crippen LogP contribution in [0.5, 0.6) is 11.5 Å². The van der Waals surface area contributed by atoms with Crippen molar-refractivity contribution in [3.8, 4) is 11.5 Å². The molecule has 2 unspecified atom stereocenters. The molecule has 3 nitrogen and oxygen atoms in total. The fraction of sp³-hybridized carbons (Fsp3) is 0.250. The van der Waals surface area contributed by atoms with Crippen LogP contribution in [-0.2, 0) is 6.42 Å². The number of methoxy groups -OCH3 is 1. The summed E-state index contributed by atoms with van der Waals surface area (Å²) in [6.45, 7) is 0. The predicted molar refractivity (Wildman–Crippen MR) is 78.9 cm³/mol. The molecule has 2 atom stereocenters. The highest BCUT2D eigenvalue weighted by Gasteiger charge is 2.38. The third-order valence-electron chi connectivity index (χ3n) is 4.00. The number of benzene rings is 2. The van der Waals surface area contributed by atoms with Crippen molar-refractivity contribution in [1.82, 2.24) is 0 Å². The summed E-state index contributed by atoms with van der Waals surface area (Å²) in [5.41, 5.74) is 3.52. The maximum absolute atomic E-state index is 6.16. The van der Waals surface area contributed by atoms with Gasteiger partial charge in [-0.25, -0.2) is 0 Å². The molecule has 1 aliphatic carbocycles. The van der Waals surface area contributed by atoms with E-state index in [0.717, 1.165) is 23.6 Å². The van der Waals surface area contributed by atoms with Gasteiger partial charge in [0.25, 0.3) is 0 Å². The van der Waals surface area contributed by atoms with Crippen LogP contribution in [0, 0.1) is 0 Å². The van der Waals surface area contributed by atoms with E-state index in [4.69, 9.17) is 21.1 Å². The molecule has 2 aromatic rings. The highest BCUT2D eigenvalue weighted by molar-refractivity contribution is 6.30. The SMILES string of the molecule is COc1ccc2c(c1)C1Oc3cc(Cl)ccc3NC1C2. The Morgan fingerprint density at radius 2 is 2.15 bits per heavy atom. The third kappa shape index (κ3) is 1.74. The first-order valence-corrected chi connectivity index (χ1v) is 7.02. The van der Waals surface area contributed by atoms with Crippen LogP contribution in [-0.4, -0.2) is 13.2 Å². The molecule has 0 saturated heterocycles. The molecule has 2 aliphatic rings. The molecule has 4 heteroatoms. The Morgan fingerprint density at radius 1 is 1.25 bits per heavy atom. The molecule has 0 saturated carbocycles. The van der Waals surface area contributed by atoms with Crippen LogP contribution < -0.4 is 14.8 Å². The molecule has 102 valence electrons. The van der Waals surface area contributed by atoms with E-state index in [1.54, 1.807) is 7.11 Å². The first kappa shape index (κ1) is 11.9. The van der Waals surface area contributed by atoms with Gasteiger partial charge in [0.2, 0.25) is 0 Å². The van der Waals surface area contributed by atoms with E-state index in [0.29, 0.717) is 5.02 Å². The quantitative estimate of drug-likeness (QED) is 0.865. The largest absolute Gasteiger partial charge is 0.497 e. The Bertz CT molecular complexity index is 686. The zero-order valence-electron chi connectivity index (χ0n) is 11.0. The van der Waals surface area contributed by atoms with Crippen molar-refractivity contribution in [1.29, 1.82) is 0 Å². The lowest BCUT2D eigenvalue weighted by molar-refractivity contribution is 0.183. The smallest absolute Gasteiger partial charge is 0.145 e. The number of rotatable bonds is 1. The van der Waals surface area contributed by atoms with Gasteiger partial charge in [-0.1, -0.05) is 17.7 Å². The number of anilines is 1. The van der Waals surface area contributed by atoms with Crippen LogP contribution in [0.3, 0.4) is 0 Å². The molecule has 0 aromatic heterocycles. The van der Waals surface area contributed by atoms with Crippen molar-refractivity contribution in [2.45, 2.75) is 18.6 Å². The number of hydrogen-bond donors (Lipinski definition) is 1. The molecule has 1 aliphatic heterocycles. The molecule has 20 heavy (non-hydrogen) atoms. The van der Waals surface area contributed by atoms with E-state index < -0.39 is 0 Å². The number of nitrogens with one attached hydrogen (secondary N) is 1. The first-order chi connectivity index (χ1) is 9.74. The van der Waals surface area contributed by atoms with Crippen molar-refractivity contribution < 1.29 is 9.47 Å². The lowest BCUT2D eigenvalue weighted by atomic mass is 10.1. The second-order valence-electron chi connectivity index (χ2n) is 5.20. The molecule has 0 fully saturated rings. The van der Waals surface area contributed by atoms with Gasteiger partial charge in [0.1, 0.15) is 17.6 Å². The average molecular weight is 288 g/mol. The van der Waals surface area contributed by atoms with Crippen molar-refractivity contribution in [2.75, 3.05) is 12.4 Å². The summed E-state index contributed by atoms with van der Waals surface area (Å²) in [4.78, 5) is 0. The Balaban J connectivity index is 1.75. The molecule has 0 radical (unpaired) electrons. The fourth-order valence-electron chi connectivity index (χ4n) is 3.03. The van der Waals surface area contributed by atoms with Crippen LogP contribution in [0.1, 0.15) is 17.2 Å². The van der Waals surface area contributed by atoms with Gasteiger partial charge in [-0.05, 0) is 36.2 Å². The summed E-state index contributed by atoms with van der Waals surface area (Å²) in [6.07, 6.45) is 0.984. The molecule has 2 aromatic carbocycles. The molecular formula is C16H14ClNO2. The van der Waals surface area contributed by atoms with Crippen LogP contribution in [0.2, 0.25) is 5.02 Å². The van der Waals surface area contributed by atoms with Crippen molar-refractivity contribution in [3.05, 3.63) is 52.5 Å². The van der Waals surface area contributed by atoms with Gasteiger partial charge in [0.05, 0.1) is 18.8 Å². The van der Waals surface area contributed by atoms with Gasteiger partial charge in [0.15, 0.2) is 0 Å². The third-order valence-corrected chi connectivity index (χ3v) is 4.24. The van der Waals surface area contributed by atoms with Gasteiger partial charge >= 0.3 is 0 Å². The highest BCUT2D eigenvalue weighted by atomic mass is 35.5. The summed E-state index contributed by atoms with van der Waals surface area (Å²) < 4.78 is 11.5. The topological polar surface area (TPSA) is 30.5 Å². The van der Waals surface area contributed by atoms with Gasteiger partial charge in [-0.15, -0.1) is 0 Å². The zero-order valence-corrected chi connectivity index (χ0v) is 11.8. The van der Waals surface area contributed by atoms with Gasteiger partial charge in [-0.3, -0.25) is 0 Å². The normalized spacial score (nSPS) is 22.1. The zero-order chi connectivity index (χ0) is 13.7. The van der Waals surface area contributed by atoms with Crippen molar-refractivity contribution in [2.24, 2.45) is 0 Å². The number of fused-ring (bicyclic) bond motifs is 4. The minimum atomic E-state index is 0.0195. The lowest BCUT2D eigenvalue weighted by Crippen LogP contribution is -2.32. The average Bonchev–Trinajstić information content (AvgIpc) is 2.81. The van der Waals surface area contributed by atoms with E-state index in [2.05, 4.69) is 17.4 Å². The summed E-state index contributed by atoms with van der Waals surface area (Å²) in [7, 11) is 1.68. The van der Waals surface area contributed by atoms with E-state index in [1.807, 2.05) is 24.3 Å². The molecule has 4 rings (SSSR count). The van der Waals surface area contributed by atoms with Gasteiger partial charge < -0.3 is 14.8 Å². The number of ether oxygens (including phenoxy) is 2. The molecule has 1 heterocycles. The van der Waals surface area contributed by atoms with Crippen molar-refractivity contribution >= 4 is 17.3 Å². The highest BCUT2D eigenvalue weighted by Crippen LogP contribution is 2.45. The maximum Gasteiger partial charge on any atom is 0.145 e. The van der Waals surface area contributed by atoms with E-state index in [9.17, 15) is 0 Å². The van der Waals surface area contributed by atoms with Gasteiger partial charge in [-0.2, -0.15) is 0 Å². The molecule has 0 bridgehead atoms. The van der Waals surface area contributed by atoms with Crippen LogP contribution >= 0.6 is 11.6 Å². The number of hydrogen-bond acceptors (Lipinski definition) is 3. The summed E-state index contributed by atoms with van der Waals surface area (Å²) in [5, 5.41) is 4.23. The summed E-state index contributed by atoms with van der Waals surface area (Å²) in [5.74, 6) is 1.68. The summed E-state index contributed by atoms with van der Waals surface area (Å²) >= 11 is 6.04. The van der Waals surface area contributed by atoms with Crippen molar-refractivity contribution in [3.63, 3.8) is 0 Å². The van der Waals surface area contributed by atoms with E-state index in [1.165, 1.54) is 11.1 Å². The van der Waals surface area contributed by atoms with Crippen LogP contribution in [0.4, 0.5) is 5.69 Å². The monoisotopic (exact) mass is 287 g/mol. The maximum atomic E-state index is 6.16. The minimum Gasteiger partial charge on any atom is -0.497 e. The second-order valence-corrected chi connectivity index (χ2v) is 5.64. The first-order valence-electron chi connectivity index (χ1n) is 6.64. The van der Waals surface area contributed by atoms with Gasteiger partial charge in [0, 0.05) is 16.7 Å². The van der Waals surface area contributed by atoms with E-state index >= 15 is 0 Å². The second kappa shape index (κ2) is 4.32. The van der Waals surface area contributed by atoms with Crippen LogP contribution in [0.25, 0.3) is 0 Å². The van der Waals surface area contributed by atoms with E-state index in [-0.39, 0.29) is 12.1 Å². The minimum absolute atomic E-state index is 0.0195. The summed E-state index contributed by atoms with van der Waals surface area (Å²) in [6, 6.07) is 12.2. The Hall–Kier alpha value is -1.87. The molecular weight excluding hydrogens is 274 g/mol.